The first-order chi connectivity index (χ1) is 6.56. The molecule has 0 aliphatic heterocycles. The number of ether oxygens (including phenoxy) is 3. The molecular formula is C9H14O5. The van der Waals surface area contributed by atoms with E-state index < -0.39 is 12.1 Å². The van der Waals surface area contributed by atoms with Gasteiger partial charge in [0.15, 0.2) is 0 Å². The van der Waals surface area contributed by atoms with Crippen LogP contribution in [0.15, 0.2) is 11.3 Å². The summed E-state index contributed by atoms with van der Waals surface area (Å²) in [5.74, 6) is -0.305. The standard InChI is InChI=1S/C9H14O5/c1-5-7(8(10)12-3)6(2)14-9(11)13-4/h5H2,1-4H3/b7-6+. The molecule has 0 bridgehead atoms. The Morgan fingerprint density at radius 3 is 2.07 bits per heavy atom. The van der Waals surface area contributed by atoms with Crippen LogP contribution >= 0.6 is 0 Å². The number of carbonyl (C=O) groups excluding carboxylic acids is 2. The minimum atomic E-state index is -0.850. The smallest absolute Gasteiger partial charge is 0.466 e. The molecule has 0 rings (SSSR count). The zero-order valence-corrected chi connectivity index (χ0v) is 8.75. The van der Waals surface area contributed by atoms with Gasteiger partial charge in [-0.15, -0.1) is 0 Å². The Labute approximate surface area is 82.6 Å². The summed E-state index contributed by atoms with van der Waals surface area (Å²) < 4.78 is 13.5. The number of carbonyl (C=O) groups is 2. The molecule has 0 aromatic heterocycles. The topological polar surface area (TPSA) is 61.8 Å². The molecule has 80 valence electrons. The van der Waals surface area contributed by atoms with Crippen molar-refractivity contribution < 1.29 is 23.8 Å². The molecule has 0 amide bonds. The average molecular weight is 202 g/mol. The number of hydrogen-bond donors (Lipinski definition) is 0. The second-order valence-electron chi connectivity index (χ2n) is 2.44. The van der Waals surface area contributed by atoms with Gasteiger partial charge in [0, 0.05) is 0 Å². The van der Waals surface area contributed by atoms with Gasteiger partial charge in [-0.3, -0.25) is 0 Å². The maximum atomic E-state index is 11.1. The Bertz CT molecular complexity index is 254. The minimum absolute atomic E-state index is 0.200. The van der Waals surface area contributed by atoms with E-state index >= 15 is 0 Å². The molecule has 0 aliphatic carbocycles. The van der Waals surface area contributed by atoms with Gasteiger partial charge in [-0.25, -0.2) is 9.59 Å². The summed E-state index contributed by atoms with van der Waals surface area (Å²) in [6.07, 6.45) is -0.424. The maximum absolute atomic E-state index is 11.1. The van der Waals surface area contributed by atoms with Crippen LogP contribution in [-0.4, -0.2) is 26.3 Å². The molecule has 0 fully saturated rings. The normalized spacial score (nSPS) is 11.4. The predicted molar refractivity (Wildman–Crippen MR) is 48.5 cm³/mol. The number of allylic oxidation sites excluding steroid dienone is 1. The molecule has 14 heavy (non-hydrogen) atoms. The van der Waals surface area contributed by atoms with Crippen molar-refractivity contribution in [3.63, 3.8) is 0 Å². The molecule has 0 spiro atoms. The van der Waals surface area contributed by atoms with Gasteiger partial charge in [0.05, 0.1) is 19.8 Å². The SMILES string of the molecule is CC/C(C(=O)OC)=C(/C)OC(=O)OC. The lowest BCUT2D eigenvalue weighted by Crippen LogP contribution is -2.10. The summed E-state index contributed by atoms with van der Waals surface area (Å²) in [6, 6.07) is 0. The van der Waals surface area contributed by atoms with Crippen LogP contribution in [0.25, 0.3) is 0 Å². The highest BCUT2D eigenvalue weighted by Crippen LogP contribution is 2.12. The van der Waals surface area contributed by atoms with Crippen molar-refractivity contribution in [3.05, 3.63) is 11.3 Å². The Hall–Kier alpha value is -1.52. The molecule has 0 saturated carbocycles. The number of methoxy groups -OCH3 is 2. The van der Waals surface area contributed by atoms with Crippen molar-refractivity contribution in [3.8, 4) is 0 Å². The van der Waals surface area contributed by atoms with E-state index in [0.29, 0.717) is 12.0 Å². The Kier molecular flexibility index (Phi) is 5.36. The van der Waals surface area contributed by atoms with Crippen molar-refractivity contribution in [1.82, 2.24) is 0 Å². The van der Waals surface area contributed by atoms with Crippen molar-refractivity contribution >= 4 is 12.1 Å². The van der Waals surface area contributed by atoms with Crippen LogP contribution < -0.4 is 0 Å². The molecule has 0 saturated heterocycles. The number of rotatable bonds is 3. The fourth-order valence-corrected chi connectivity index (χ4v) is 0.888. The van der Waals surface area contributed by atoms with E-state index in [2.05, 4.69) is 9.47 Å². The summed E-state index contributed by atoms with van der Waals surface area (Å²) in [5.41, 5.74) is 0.318. The fourth-order valence-electron chi connectivity index (χ4n) is 0.888. The van der Waals surface area contributed by atoms with Crippen LogP contribution in [0, 0.1) is 0 Å². The second kappa shape index (κ2) is 6.01. The van der Waals surface area contributed by atoms with Crippen LogP contribution in [0.3, 0.4) is 0 Å². The predicted octanol–water partition coefficient (Wildman–Crippen LogP) is 1.63. The van der Waals surface area contributed by atoms with Crippen molar-refractivity contribution in [2.45, 2.75) is 20.3 Å². The van der Waals surface area contributed by atoms with E-state index in [1.165, 1.54) is 21.1 Å². The molecule has 0 heterocycles. The fraction of sp³-hybridized carbons (Fsp3) is 0.556. The highest BCUT2D eigenvalue weighted by Gasteiger charge is 2.14. The van der Waals surface area contributed by atoms with E-state index in [4.69, 9.17) is 4.74 Å². The third kappa shape index (κ3) is 3.47. The zero-order valence-electron chi connectivity index (χ0n) is 8.75. The Balaban J connectivity index is 4.66. The van der Waals surface area contributed by atoms with Gasteiger partial charge in [0.25, 0.3) is 0 Å². The summed E-state index contributed by atoms with van der Waals surface area (Å²) in [5, 5.41) is 0. The largest absolute Gasteiger partial charge is 0.513 e. The molecule has 5 nitrogen and oxygen atoms in total. The van der Waals surface area contributed by atoms with Crippen LogP contribution in [0.1, 0.15) is 20.3 Å². The van der Waals surface area contributed by atoms with E-state index in [-0.39, 0.29) is 5.76 Å². The lowest BCUT2D eigenvalue weighted by Gasteiger charge is -2.07. The molecular weight excluding hydrogens is 188 g/mol. The summed E-state index contributed by atoms with van der Waals surface area (Å²) in [6.45, 7) is 3.27. The number of esters is 1. The lowest BCUT2D eigenvalue weighted by molar-refractivity contribution is -0.136. The van der Waals surface area contributed by atoms with Gasteiger partial charge in [-0.1, -0.05) is 6.92 Å². The Morgan fingerprint density at radius 2 is 1.71 bits per heavy atom. The summed E-state index contributed by atoms with van der Waals surface area (Å²) >= 11 is 0. The van der Waals surface area contributed by atoms with Crippen LogP contribution in [-0.2, 0) is 19.0 Å². The number of hydrogen-bond acceptors (Lipinski definition) is 5. The van der Waals surface area contributed by atoms with Gasteiger partial charge >= 0.3 is 12.1 Å². The van der Waals surface area contributed by atoms with Gasteiger partial charge < -0.3 is 14.2 Å². The minimum Gasteiger partial charge on any atom is -0.466 e. The van der Waals surface area contributed by atoms with Crippen LogP contribution in [0.2, 0.25) is 0 Å². The average Bonchev–Trinajstić information content (AvgIpc) is 2.18. The van der Waals surface area contributed by atoms with E-state index in [1.807, 2.05) is 0 Å². The van der Waals surface area contributed by atoms with Gasteiger partial charge in [0.1, 0.15) is 5.76 Å². The second-order valence-corrected chi connectivity index (χ2v) is 2.44. The van der Waals surface area contributed by atoms with Gasteiger partial charge in [0.2, 0.25) is 0 Å². The van der Waals surface area contributed by atoms with Crippen molar-refractivity contribution in [1.29, 1.82) is 0 Å². The molecule has 0 aliphatic rings. The van der Waals surface area contributed by atoms with E-state index in [0.717, 1.165) is 0 Å². The zero-order chi connectivity index (χ0) is 11.1. The quantitative estimate of drug-likeness (QED) is 0.395. The molecule has 0 unspecified atom stereocenters. The first-order valence-electron chi connectivity index (χ1n) is 4.10. The summed E-state index contributed by atoms with van der Waals surface area (Å²) in [7, 11) is 2.46. The lowest BCUT2D eigenvalue weighted by atomic mass is 10.2. The van der Waals surface area contributed by atoms with E-state index in [1.54, 1.807) is 6.92 Å². The van der Waals surface area contributed by atoms with Crippen molar-refractivity contribution in [2.75, 3.05) is 14.2 Å². The first-order valence-corrected chi connectivity index (χ1v) is 4.10. The molecule has 5 heteroatoms. The van der Waals surface area contributed by atoms with Crippen LogP contribution in [0.5, 0.6) is 0 Å². The molecule has 0 N–H and O–H groups in total. The molecule has 0 atom stereocenters. The monoisotopic (exact) mass is 202 g/mol. The molecule has 0 aromatic carbocycles. The third-order valence-corrected chi connectivity index (χ3v) is 1.61. The Morgan fingerprint density at radius 1 is 1.14 bits per heavy atom. The van der Waals surface area contributed by atoms with Gasteiger partial charge in [-0.05, 0) is 13.3 Å². The maximum Gasteiger partial charge on any atom is 0.513 e. The first kappa shape index (κ1) is 12.5. The highest BCUT2D eigenvalue weighted by atomic mass is 16.7. The third-order valence-electron chi connectivity index (χ3n) is 1.61. The molecule has 0 radical (unpaired) electrons. The van der Waals surface area contributed by atoms with Crippen LogP contribution in [0.4, 0.5) is 4.79 Å². The molecule has 0 aromatic rings. The van der Waals surface area contributed by atoms with Gasteiger partial charge in [-0.2, -0.15) is 0 Å². The summed E-state index contributed by atoms with van der Waals surface area (Å²) in [4.78, 5) is 21.9. The van der Waals surface area contributed by atoms with E-state index in [9.17, 15) is 9.59 Å². The highest BCUT2D eigenvalue weighted by molar-refractivity contribution is 5.89. The van der Waals surface area contributed by atoms with Crippen molar-refractivity contribution in [2.24, 2.45) is 0 Å².